The molecule has 1 atom stereocenters. The third kappa shape index (κ3) is 2.61. The molecule has 8 heteroatoms. The second kappa shape index (κ2) is 6.65. The number of anilines is 1. The molecule has 0 saturated carbocycles. The van der Waals surface area contributed by atoms with Crippen LogP contribution in [0.5, 0.6) is 0 Å². The highest BCUT2D eigenvalue weighted by Crippen LogP contribution is 2.37. The maximum Gasteiger partial charge on any atom is 0.337 e. The Morgan fingerprint density at radius 3 is 2.21 bits per heavy atom. The fourth-order valence-corrected chi connectivity index (χ4v) is 5.12. The number of fused-ring (bicyclic) bond motifs is 1. The molecule has 28 heavy (non-hydrogen) atoms. The smallest absolute Gasteiger partial charge is 0.337 e. The quantitative estimate of drug-likeness (QED) is 0.501. The number of hydrogen-bond acceptors (Lipinski definition) is 5. The molecular weight excluding hydrogens is 380 g/mol. The number of Topliss-reactive ketones (excluding diaryl/α,β-unsaturated/α-hetero) is 1. The third-order valence-electron chi connectivity index (χ3n) is 4.60. The Morgan fingerprint density at radius 2 is 1.54 bits per heavy atom. The van der Waals surface area contributed by atoms with E-state index in [0.717, 1.165) is 11.4 Å². The molecule has 3 aromatic rings. The van der Waals surface area contributed by atoms with Crippen molar-refractivity contribution in [3.63, 3.8) is 0 Å². The van der Waals surface area contributed by atoms with Gasteiger partial charge in [0.25, 0.3) is 10.0 Å². The van der Waals surface area contributed by atoms with E-state index in [-0.39, 0.29) is 16.1 Å². The molecule has 0 N–H and O–H groups in total. The number of aromatic nitrogens is 1. The molecule has 1 aliphatic heterocycles. The molecule has 0 radical (unpaired) electrons. The summed E-state index contributed by atoms with van der Waals surface area (Å²) >= 11 is 0. The summed E-state index contributed by atoms with van der Waals surface area (Å²) in [6.07, 6.45) is 3.50. The highest BCUT2D eigenvalue weighted by molar-refractivity contribution is 7.93. The van der Waals surface area contributed by atoms with E-state index in [1.165, 1.54) is 18.2 Å². The van der Waals surface area contributed by atoms with Crippen molar-refractivity contribution in [3.05, 3.63) is 78.6 Å². The fourth-order valence-electron chi connectivity index (χ4n) is 3.34. The highest BCUT2D eigenvalue weighted by atomic mass is 32.2. The number of benzene rings is 2. The Morgan fingerprint density at radius 1 is 0.929 bits per heavy atom. The van der Waals surface area contributed by atoms with E-state index >= 15 is 0 Å². The van der Waals surface area contributed by atoms with E-state index in [0.29, 0.717) is 5.69 Å². The van der Waals surface area contributed by atoms with Gasteiger partial charge in [-0.25, -0.2) is 17.5 Å². The minimum absolute atomic E-state index is 0.0207. The topological polar surface area (TPSA) is 85.7 Å². The number of para-hydroxylation sites is 2. The Bertz CT molecular complexity index is 1170. The lowest BCUT2D eigenvalue weighted by atomic mass is 10.0. The minimum Gasteiger partial charge on any atom is -0.467 e. The van der Waals surface area contributed by atoms with Gasteiger partial charge in [0.05, 0.1) is 23.4 Å². The summed E-state index contributed by atoms with van der Waals surface area (Å²) in [4.78, 5) is 25.4. The number of sulfonamides is 1. The number of esters is 1. The molecule has 142 valence electrons. The number of hydrogen-bond donors (Lipinski definition) is 0. The van der Waals surface area contributed by atoms with Crippen molar-refractivity contribution in [1.82, 2.24) is 4.57 Å². The molecule has 1 aliphatic rings. The molecule has 0 aliphatic carbocycles. The number of methoxy groups -OCH3 is 1. The summed E-state index contributed by atoms with van der Waals surface area (Å²) in [6.45, 7) is 0. The van der Waals surface area contributed by atoms with Gasteiger partial charge in [-0.05, 0) is 36.4 Å². The average Bonchev–Trinajstić information content (AvgIpc) is 3.25. The summed E-state index contributed by atoms with van der Waals surface area (Å²) in [5, 5.41) is 0. The van der Waals surface area contributed by atoms with Gasteiger partial charge in [-0.1, -0.05) is 24.3 Å². The van der Waals surface area contributed by atoms with Crippen molar-refractivity contribution in [2.75, 3.05) is 11.4 Å². The Labute approximate surface area is 161 Å². The van der Waals surface area contributed by atoms with Gasteiger partial charge in [-0.2, -0.15) is 0 Å². The Hall–Kier alpha value is -3.39. The monoisotopic (exact) mass is 396 g/mol. The summed E-state index contributed by atoms with van der Waals surface area (Å²) in [5.74, 6) is -1.56. The number of carbonyl (C=O) groups is 2. The molecule has 0 amide bonds. The zero-order valence-electron chi connectivity index (χ0n) is 14.8. The van der Waals surface area contributed by atoms with Crippen molar-refractivity contribution in [2.24, 2.45) is 0 Å². The normalized spacial score (nSPS) is 17.8. The third-order valence-corrected chi connectivity index (χ3v) is 6.44. The highest BCUT2D eigenvalue weighted by Gasteiger charge is 2.48. The number of rotatable bonds is 3. The van der Waals surface area contributed by atoms with Gasteiger partial charge in [-0.15, -0.1) is 0 Å². The van der Waals surface area contributed by atoms with E-state index in [9.17, 15) is 18.0 Å². The molecule has 2 heterocycles. The van der Waals surface area contributed by atoms with Crippen LogP contribution < -0.4 is 4.31 Å². The molecule has 4 rings (SSSR count). The SMILES string of the molecule is COC(=O)C1C(=O)c2ccccc2S(=O)(=O)N1c1ccccc1-n1cccc1. The number of ketones is 1. The molecule has 7 nitrogen and oxygen atoms in total. The fraction of sp³-hybridized carbons (Fsp3) is 0.100. The van der Waals surface area contributed by atoms with Crippen LogP contribution >= 0.6 is 0 Å². The first kappa shape index (κ1) is 18.0. The van der Waals surface area contributed by atoms with E-state index in [2.05, 4.69) is 0 Å². The van der Waals surface area contributed by atoms with Crippen LogP contribution in [-0.2, 0) is 19.6 Å². The average molecular weight is 396 g/mol. The lowest BCUT2D eigenvalue weighted by Crippen LogP contribution is -2.54. The predicted octanol–water partition coefficient (Wildman–Crippen LogP) is 2.41. The first-order chi connectivity index (χ1) is 13.5. The van der Waals surface area contributed by atoms with Gasteiger partial charge < -0.3 is 9.30 Å². The maximum atomic E-state index is 13.5. The van der Waals surface area contributed by atoms with Crippen LogP contribution in [-0.4, -0.2) is 37.9 Å². The van der Waals surface area contributed by atoms with Gasteiger partial charge in [0.15, 0.2) is 5.78 Å². The van der Waals surface area contributed by atoms with Gasteiger partial charge in [0.2, 0.25) is 6.04 Å². The largest absolute Gasteiger partial charge is 0.467 e. The number of ether oxygens (including phenoxy) is 1. The molecule has 0 bridgehead atoms. The summed E-state index contributed by atoms with van der Waals surface area (Å²) in [7, 11) is -3.06. The summed E-state index contributed by atoms with van der Waals surface area (Å²) in [6, 6.07) is 14.5. The van der Waals surface area contributed by atoms with Crippen molar-refractivity contribution >= 4 is 27.5 Å². The van der Waals surface area contributed by atoms with Crippen LogP contribution in [0.25, 0.3) is 5.69 Å². The van der Waals surface area contributed by atoms with Crippen LogP contribution in [0.3, 0.4) is 0 Å². The van der Waals surface area contributed by atoms with E-state index in [1.807, 2.05) is 0 Å². The van der Waals surface area contributed by atoms with Crippen LogP contribution in [0.15, 0.2) is 78.0 Å². The summed E-state index contributed by atoms with van der Waals surface area (Å²) < 4.78 is 34.3. The lowest BCUT2D eigenvalue weighted by Gasteiger charge is -2.35. The van der Waals surface area contributed by atoms with Crippen LogP contribution in [0.2, 0.25) is 0 Å². The van der Waals surface area contributed by atoms with E-state index in [1.54, 1.807) is 59.4 Å². The zero-order valence-corrected chi connectivity index (χ0v) is 15.7. The molecule has 1 aromatic heterocycles. The second-order valence-corrected chi connectivity index (χ2v) is 7.95. The Balaban J connectivity index is 2.02. The van der Waals surface area contributed by atoms with Crippen molar-refractivity contribution in [1.29, 1.82) is 0 Å². The maximum absolute atomic E-state index is 13.5. The first-order valence-corrected chi connectivity index (χ1v) is 9.88. The van der Waals surface area contributed by atoms with Crippen LogP contribution in [0.4, 0.5) is 5.69 Å². The predicted molar refractivity (Wildman–Crippen MR) is 102 cm³/mol. The summed E-state index contributed by atoms with van der Waals surface area (Å²) in [5.41, 5.74) is 0.696. The molecule has 1 unspecified atom stereocenters. The van der Waals surface area contributed by atoms with Crippen LogP contribution in [0.1, 0.15) is 10.4 Å². The molecule has 0 spiro atoms. The van der Waals surface area contributed by atoms with Gasteiger partial charge >= 0.3 is 5.97 Å². The van der Waals surface area contributed by atoms with Gasteiger partial charge in [0.1, 0.15) is 0 Å². The molecule has 0 saturated heterocycles. The van der Waals surface area contributed by atoms with Crippen molar-refractivity contribution in [2.45, 2.75) is 10.9 Å². The number of carbonyl (C=O) groups excluding carboxylic acids is 2. The van der Waals surface area contributed by atoms with Crippen molar-refractivity contribution in [3.8, 4) is 5.69 Å². The standard InChI is InChI=1S/C20H16N2O5S/c1-27-20(24)18-19(23)14-8-2-5-11-17(14)28(25,26)22(18)16-10-4-3-9-15(16)21-12-6-7-13-21/h2-13,18H,1H3. The van der Waals surface area contributed by atoms with Crippen LogP contribution in [0, 0.1) is 0 Å². The van der Waals surface area contributed by atoms with E-state index < -0.39 is 27.8 Å². The van der Waals surface area contributed by atoms with E-state index in [4.69, 9.17) is 4.74 Å². The molecular formula is C20H16N2O5S. The lowest BCUT2D eigenvalue weighted by molar-refractivity contribution is -0.140. The number of nitrogens with zero attached hydrogens (tertiary/aromatic N) is 2. The minimum atomic E-state index is -4.19. The zero-order chi connectivity index (χ0) is 19.9. The first-order valence-electron chi connectivity index (χ1n) is 8.44. The molecule has 0 fully saturated rings. The second-order valence-electron chi connectivity index (χ2n) is 6.17. The molecule has 2 aromatic carbocycles. The van der Waals surface area contributed by atoms with Gasteiger partial charge in [0, 0.05) is 18.0 Å². The van der Waals surface area contributed by atoms with Gasteiger partial charge in [-0.3, -0.25) is 4.79 Å². The van der Waals surface area contributed by atoms with Crippen molar-refractivity contribution < 1.29 is 22.7 Å². The Kier molecular flexibility index (Phi) is 4.27.